The Morgan fingerprint density at radius 1 is 1.31 bits per heavy atom. The largest absolute Gasteiger partial charge is 0.489 e. The van der Waals surface area contributed by atoms with Gasteiger partial charge < -0.3 is 15.9 Å². The molecule has 6 heteroatoms. The lowest BCUT2D eigenvalue weighted by Gasteiger charge is -2.27. The number of rotatable bonds is 7. The van der Waals surface area contributed by atoms with Crippen molar-refractivity contribution < 1.29 is 13.9 Å². The number of hydrogen-bond acceptors (Lipinski definition) is 4. The molecular formula is C29H38FN3O2. The zero-order valence-corrected chi connectivity index (χ0v) is 20.9. The number of ether oxygens (including phenoxy) is 1. The zero-order valence-electron chi connectivity index (χ0n) is 20.9. The van der Waals surface area contributed by atoms with E-state index in [1.54, 1.807) is 0 Å². The first-order chi connectivity index (χ1) is 16.9. The molecule has 3 unspecified atom stereocenters. The molecule has 2 aliphatic rings. The third-order valence-corrected chi connectivity index (χ3v) is 7.00. The molecule has 188 valence electrons. The highest BCUT2D eigenvalue weighted by Crippen LogP contribution is 2.32. The first kappa shape index (κ1) is 26.6. The molecule has 0 saturated carbocycles. The molecule has 35 heavy (non-hydrogen) atoms. The van der Waals surface area contributed by atoms with Crippen LogP contribution in [-0.2, 0) is 4.79 Å². The van der Waals surface area contributed by atoms with Crippen LogP contribution in [0.1, 0.15) is 65.2 Å². The summed E-state index contributed by atoms with van der Waals surface area (Å²) in [5.41, 5.74) is 8.80. The summed E-state index contributed by atoms with van der Waals surface area (Å²) in [7, 11) is 0. The van der Waals surface area contributed by atoms with Crippen molar-refractivity contribution in [2.45, 2.75) is 65.2 Å². The average Bonchev–Trinajstić information content (AvgIpc) is 2.86. The lowest BCUT2D eigenvalue weighted by molar-refractivity contribution is -0.123. The van der Waals surface area contributed by atoms with Crippen molar-refractivity contribution in [1.82, 2.24) is 0 Å². The lowest BCUT2D eigenvalue weighted by Crippen LogP contribution is -2.31. The van der Waals surface area contributed by atoms with Gasteiger partial charge in [-0.25, -0.2) is 4.39 Å². The van der Waals surface area contributed by atoms with Gasteiger partial charge >= 0.3 is 0 Å². The molecular weight excluding hydrogens is 441 g/mol. The number of allylic oxidation sites excluding steroid dienone is 5. The molecule has 3 atom stereocenters. The molecule has 0 fully saturated rings. The van der Waals surface area contributed by atoms with Gasteiger partial charge in [0.25, 0.3) is 0 Å². The number of nitrogens with one attached hydrogen (secondary N) is 1. The van der Waals surface area contributed by atoms with Crippen LogP contribution in [0, 0.1) is 23.2 Å². The first-order valence-electron chi connectivity index (χ1n) is 12.8. The van der Waals surface area contributed by atoms with Gasteiger partial charge in [-0.15, -0.1) is 0 Å². The molecule has 5 nitrogen and oxygen atoms in total. The number of halogens is 1. The predicted molar refractivity (Wildman–Crippen MR) is 141 cm³/mol. The third-order valence-electron chi connectivity index (χ3n) is 7.00. The van der Waals surface area contributed by atoms with Crippen LogP contribution < -0.4 is 10.5 Å². The Bertz CT molecular complexity index is 1020. The fourth-order valence-corrected chi connectivity index (χ4v) is 4.76. The molecule has 1 aromatic carbocycles. The second kappa shape index (κ2) is 13.2. The summed E-state index contributed by atoms with van der Waals surface area (Å²) in [4.78, 5) is 16.5. The second-order valence-electron chi connectivity index (χ2n) is 9.57. The highest BCUT2D eigenvalue weighted by atomic mass is 19.1. The van der Waals surface area contributed by atoms with Gasteiger partial charge in [0, 0.05) is 17.7 Å². The van der Waals surface area contributed by atoms with E-state index in [0.717, 1.165) is 49.3 Å². The van der Waals surface area contributed by atoms with Crippen molar-refractivity contribution >= 4 is 23.0 Å². The summed E-state index contributed by atoms with van der Waals surface area (Å²) in [5, 5.41) is 7.87. The van der Waals surface area contributed by atoms with Crippen molar-refractivity contribution in [1.29, 1.82) is 5.41 Å². The predicted octanol–water partition coefficient (Wildman–Crippen LogP) is 7.02. The normalized spacial score (nSPS) is 26.8. The Balaban J connectivity index is 1.59. The van der Waals surface area contributed by atoms with Crippen LogP contribution >= 0.6 is 0 Å². The molecule has 0 heterocycles. The molecule has 0 bridgehead atoms. The van der Waals surface area contributed by atoms with E-state index in [2.05, 4.69) is 26.0 Å². The monoisotopic (exact) mass is 479 g/mol. The number of nitrogens with two attached hydrogens (primary N) is 1. The Kier molecular flexibility index (Phi) is 10.0. The van der Waals surface area contributed by atoms with Gasteiger partial charge in [-0.3, -0.25) is 9.79 Å². The van der Waals surface area contributed by atoms with Gasteiger partial charge in [0.2, 0.25) is 5.91 Å². The van der Waals surface area contributed by atoms with Gasteiger partial charge in [0.1, 0.15) is 18.2 Å². The van der Waals surface area contributed by atoms with Crippen LogP contribution in [0.5, 0.6) is 5.75 Å². The van der Waals surface area contributed by atoms with E-state index in [1.807, 2.05) is 30.3 Å². The summed E-state index contributed by atoms with van der Waals surface area (Å²) < 4.78 is 19.8. The van der Waals surface area contributed by atoms with Crippen LogP contribution in [0.2, 0.25) is 0 Å². The fourth-order valence-electron chi connectivity index (χ4n) is 4.76. The van der Waals surface area contributed by atoms with E-state index in [1.165, 1.54) is 11.6 Å². The maximum absolute atomic E-state index is 13.8. The van der Waals surface area contributed by atoms with Gasteiger partial charge in [-0.2, -0.15) is 0 Å². The van der Waals surface area contributed by atoms with Crippen molar-refractivity contribution in [3.63, 3.8) is 0 Å². The van der Waals surface area contributed by atoms with Crippen molar-refractivity contribution in [2.75, 3.05) is 6.61 Å². The number of primary amides is 1. The van der Waals surface area contributed by atoms with Crippen molar-refractivity contribution in [3.8, 4) is 5.75 Å². The molecule has 1 amide bonds. The van der Waals surface area contributed by atoms with Crippen LogP contribution in [0.25, 0.3) is 0 Å². The standard InChI is InChI=1S/C29H38FN3O2/c1-3-22-18-21(14-15-25(22)29(32)34)8-7-17-35-24-10-6-9-23(19-24)33-28-12-5-4-11-26(30)27(31)16-13-20(28)2/h6-11,14,19-20,22,25,31H,3-5,12-13,15-18H2,1-2H3,(H2,32,34)/b8-7?,26-11+,31-27?,33-28?. The quantitative estimate of drug-likeness (QED) is 0.440. The number of aliphatic imine (C=N–C) groups is 1. The number of nitrogens with zero attached hydrogens (tertiary/aromatic N) is 1. The van der Waals surface area contributed by atoms with E-state index < -0.39 is 0 Å². The SMILES string of the molecule is CCC1CC(C=CCOc2cccc(N=C3CCC/C=C(/F)C(=N)CCC3C)c2)=CCC1C(N)=O. The summed E-state index contributed by atoms with van der Waals surface area (Å²) in [6.07, 6.45) is 13.7. The molecule has 3 rings (SSSR count). The number of carbonyl (C=O) groups is 1. The van der Waals surface area contributed by atoms with E-state index in [0.29, 0.717) is 31.8 Å². The van der Waals surface area contributed by atoms with E-state index in [9.17, 15) is 9.18 Å². The minimum absolute atomic E-state index is 0.0584. The Labute approximate surface area is 208 Å². The first-order valence-corrected chi connectivity index (χ1v) is 12.8. The Morgan fingerprint density at radius 2 is 2.14 bits per heavy atom. The molecule has 2 aliphatic carbocycles. The average molecular weight is 480 g/mol. The van der Waals surface area contributed by atoms with Gasteiger partial charge in [-0.1, -0.05) is 44.1 Å². The number of benzene rings is 1. The van der Waals surface area contributed by atoms with E-state index in [4.69, 9.17) is 20.9 Å². The van der Waals surface area contributed by atoms with Crippen molar-refractivity contribution in [2.24, 2.45) is 28.5 Å². The van der Waals surface area contributed by atoms with Crippen LogP contribution in [0.4, 0.5) is 10.1 Å². The van der Waals surface area contributed by atoms with E-state index in [-0.39, 0.29) is 29.3 Å². The molecule has 0 radical (unpaired) electrons. The van der Waals surface area contributed by atoms with Crippen LogP contribution in [0.3, 0.4) is 0 Å². The second-order valence-corrected chi connectivity index (χ2v) is 9.57. The van der Waals surface area contributed by atoms with E-state index >= 15 is 0 Å². The summed E-state index contributed by atoms with van der Waals surface area (Å²) in [6.45, 7) is 4.66. The molecule has 0 aliphatic heterocycles. The maximum atomic E-state index is 13.8. The summed E-state index contributed by atoms with van der Waals surface area (Å²) >= 11 is 0. The van der Waals surface area contributed by atoms with Crippen molar-refractivity contribution in [3.05, 3.63) is 60.0 Å². The van der Waals surface area contributed by atoms with Gasteiger partial charge in [0.05, 0.1) is 11.4 Å². The highest BCUT2D eigenvalue weighted by Gasteiger charge is 2.27. The molecule has 0 spiro atoms. The minimum atomic E-state index is -0.378. The molecule has 3 N–H and O–H groups in total. The Morgan fingerprint density at radius 3 is 2.91 bits per heavy atom. The minimum Gasteiger partial charge on any atom is -0.489 e. The highest BCUT2D eigenvalue weighted by molar-refractivity contribution is 5.96. The van der Waals surface area contributed by atoms with Crippen LogP contribution in [-0.4, -0.2) is 23.9 Å². The summed E-state index contributed by atoms with van der Waals surface area (Å²) in [6, 6.07) is 7.78. The molecule has 0 saturated heterocycles. The van der Waals surface area contributed by atoms with Gasteiger partial charge in [0.15, 0.2) is 0 Å². The number of carbonyl (C=O) groups excluding carboxylic acids is 1. The van der Waals surface area contributed by atoms with Gasteiger partial charge in [-0.05, 0) is 81.1 Å². The topological polar surface area (TPSA) is 88.5 Å². The fraction of sp³-hybridized carbons (Fsp3) is 0.483. The lowest BCUT2D eigenvalue weighted by atomic mass is 9.77. The number of hydrogen-bond donors (Lipinski definition) is 2. The molecule has 0 aromatic heterocycles. The zero-order chi connectivity index (χ0) is 25.2. The smallest absolute Gasteiger partial charge is 0.221 e. The maximum Gasteiger partial charge on any atom is 0.221 e. The third kappa shape index (κ3) is 8.01. The van der Waals surface area contributed by atoms with Crippen LogP contribution in [0.15, 0.2) is 65.0 Å². The number of amides is 1. The summed E-state index contributed by atoms with van der Waals surface area (Å²) in [5.74, 6) is 0.618. The molecule has 1 aromatic rings. The Hall–Kier alpha value is -3.02.